The fraction of sp³-hybridized carbons (Fsp3) is 0.600. The Morgan fingerprint density at radius 1 is 1.37 bits per heavy atom. The zero-order valence-corrected chi connectivity index (χ0v) is 12.5. The third kappa shape index (κ3) is 3.85. The third-order valence-electron chi connectivity index (χ3n) is 3.81. The van der Waals surface area contributed by atoms with Crippen molar-refractivity contribution in [3.8, 4) is 0 Å². The smallest absolute Gasteiger partial charge is 0.0637 e. The molecule has 0 aliphatic carbocycles. The molecule has 0 saturated carbocycles. The van der Waals surface area contributed by atoms with Crippen molar-refractivity contribution in [3.63, 3.8) is 0 Å². The van der Waals surface area contributed by atoms with Crippen LogP contribution < -0.4 is 10.2 Å². The maximum atomic E-state index is 10.2. The molecule has 1 aliphatic heterocycles. The molecule has 1 aromatic carbocycles. The number of halogens is 1. The van der Waals surface area contributed by atoms with E-state index in [1.165, 1.54) is 11.3 Å². The highest BCUT2D eigenvalue weighted by Crippen LogP contribution is 2.29. The molecule has 1 aromatic rings. The van der Waals surface area contributed by atoms with Gasteiger partial charge in [-0.15, -0.1) is 0 Å². The second kappa shape index (κ2) is 6.12. The molecule has 1 atom stereocenters. The van der Waals surface area contributed by atoms with Gasteiger partial charge in [0.1, 0.15) is 0 Å². The molecule has 0 bridgehead atoms. The molecule has 1 saturated heterocycles. The molecule has 2 N–H and O–H groups in total. The lowest BCUT2D eigenvalue weighted by atomic mass is 9.98. The van der Waals surface area contributed by atoms with E-state index in [-0.39, 0.29) is 0 Å². The summed E-state index contributed by atoms with van der Waals surface area (Å²) >= 11 is 6.08. The summed E-state index contributed by atoms with van der Waals surface area (Å²) in [7, 11) is 1.94. The van der Waals surface area contributed by atoms with Crippen molar-refractivity contribution >= 4 is 17.3 Å². The topological polar surface area (TPSA) is 35.5 Å². The molecular formula is C15H23ClN2O. The lowest BCUT2D eigenvalue weighted by Gasteiger charge is -2.26. The lowest BCUT2D eigenvalue weighted by Crippen LogP contribution is -2.29. The molecule has 2 rings (SSSR count). The number of nitrogens with one attached hydrogen (secondary N) is 1. The average Bonchev–Trinajstić information content (AvgIpc) is 2.51. The van der Waals surface area contributed by atoms with Gasteiger partial charge in [-0.2, -0.15) is 0 Å². The van der Waals surface area contributed by atoms with Gasteiger partial charge in [-0.1, -0.05) is 11.6 Å². The van der Waals surface area contributed by atoms with Crippen LogP contribution in [-0.4, -0.2) is 30.8 Å². The normalized spacial score (nSPS) is 24.3. The van der Waals surface area contributed by atoms with Crippen molar-refractivity contribution in [1.82, 2.24) is 5.32 Å². The van der Waals surface area contributed by atoms with E-state index in [1.54, 1.807) is 0 Å². The van der Waals surface area contributed by atoms with E-state index in [9.17, 15) is 5.11 Å². The first-order valence-corrected chi connectivity index (χ1v) is 7.30. The molecule has 1 heterocycles. The second-order valence-corrected chi connectivity index (χ2v) is 6.08. The van der Waals surface area contributed by atoms with Gasteiger partial charge in [0.25, 0.3) is 0 Å². The fourth-order valence-corrected chi connectivity index (χ4v) is 2.89. The first-order chi connectivity index (χ1) is 9.02. The highest BCUT2D eigenvalue weighted by atomic mass is 35.5. The van der Waals surface area contributed by atoms with Crippen LogP contribution >= 0.6 is 11.6 Å². The van der Waals surface area contributed by atoms with E-state index in [0.717, 1.165) is 43.9 Å². The minimum Gasteiger partial charge on any atom is -0.390 e. The molecule has 1 fully saturated rings. The van der Waals surface area contributed by atoms with Crippen molar-refractivity contribution in [2.75, 3.05) is 25.0 Å². The number of aliphatic hydroxyl groups is 1. The number of hydrogen-bond donors (Lipinski definition) is 2. The molecular weight excluding hydrogens is 260 g/mol. The van der Waals surface area contributed by atoms with E-state index >= 15 is 0 Å². The molecule has 0 radical (unpaired) electrons. The van der Waals surface area contributed by atoms with Gasteiger partial charge in [0.15, 0.2) is 0 Å². The summed E-state index contributed by atoms with van der Waals surface area (Å²) in [5, 5.41) is 14.1. The zero-order chi connectivity index (χ0) is 13.9. The van der Waals surface area contributed by atoms with Crippen LogP contribution in [0.3, 0.4) is 0 Å². The Morgan fingerprint density at radius 3 is 2.89 bits per heavy atom. The van der Waals surface area contributed by atoms with Crippen molar-refractivity contribution in [2.24, 2.45) is 0 Å². The number of rotatable bonds is 3. The molecule has 1 aliphatic rings. The molecule has 0 spiro atoms. The van der Waals surface area contributed by atoms with E-state index in [4.69, 9.17) is 11.6 Å². The Labute approximate surface area is 120 Å². The fourth-order valence-electron chi connectivity index (χ4n) is 2.70. The van der Waals surface area contributed by atoms with Gasteiger partial charge in [-0.05, 0) is 57.0 Å². The highest BCUT2D eigenvalue weighted by molar-refractivity contribution is 6.30. The summed E-state index contributed by atoms with van der Waals surface area (Å²) in [5.41, 5.74) is 1.93. The van der Waals surface area contributed by atoms with Crippen molar-refractivity contribution in [1.29, 1.82) is 0 Å². The molecule has 4 heteroatoms. The van der Waals surface area contributed by atoms with Gasteiger partial charge in [-0.25, -0.2) is 0 Å². The van der Waals surface area contributed by atoms with Gasteiger partial charge in [0, 0.05) is 30.3 Å². The number of benzene rings is 1. The van der Waals surface area contributed by atoms with Gasteiger partial charge in [-0.3, -0.25) is 0 Å². The maximum absolute atomic E-state index is 10.2. The average molecular weight is 283 g/mol. The summed E-state index contributed by atoms with van der Waals surface area (Å²) in [6, 6.07) is 6.06. The second-order valence-electron chi connectivity index (χ2n) is 5.64. The SMILES string of the molecule is CNCc1cc(Cl)ccc1N1CCCC(C)(O)CC1. The summed E-state index contributed by atoms with van der Waals surface area (Å²) in [6.07, 6.45) is 2.71. The summed E-state index contributed by atoms with van der Waals surface area (Å²) < 4.78 is 0. The predicted octanol–water partition coefficient (Wildman–Crippen LogP) is 2.80. The van der Waals surface area contributed by atoms with Crippen molar-refractivity contribution < 1.29 is 5.11 Å². The Morgan fingerprint density at radius 2 is 2.16 bits per heavy atom. The molecule has 0 amide bonds. The van der Waals surface area contributed by atoms with Gasteiger partial charge in [0.05, 0.1) is 5.60 Å². The monoisotopic (exact) mass is 282 g/mol. The number of hydrogen-bond acceptors (Lipinski definition) is 3. The quantitative estimate of drug-likeness (QED) is 0.895. The van der Waals surface area contributed by atoms with E-state index in [0.29, 0.717) is 0 Å². The summed E-state index contributed by atoms with van der Waals surface area (Å²) in [6.45, 7) is 4.63. The van der Waals surface area contributed by atoms with Crippen molar-refractivity contribution in [3.05, 3.63) is 28.8 Å². The molecule has 1 unspecified atom stereocenters. The summed E-state index contributed by atoms with van der Waals surface area (Å²) in [4.78, 5) is 2.37. The first kappa shape index (κ1) is 14.6. The Kier molecular flexibility index (Phi) is 4.71. The van der Waals surface area contributed by atoms with Crippen LogP contribution in [0.5, 0.6) is 0 Å². The molecule has 106 valence electrons. The van der Waals surface area contributed by atoms with Crippen LogP contribution in [0.2, 0.25) is 5.02 Å². The summed E-state index contributed by atoms with van der Waals surface area (Å²) in [5.74, 6) is 0. The van der Waals surface area contributed by atoms with Crippen LogP contribution in [0.4, 0.5) is 5.69 Å². The Hall–Kier alpha value is -0.770. The van der Waals surface area contributed by atoms with Crippen LogP contribution in [0, 0.1) is 0 Å². The zero-order valence-electron chi connectivity index (χ0n) is 11.7. The standard InChI is InChI=1S/C15H23ClN2O/c1-15(19)6-3-8-18(9-7-15)14-5-4-13(16)10-12(14)11-17-2/h4-5,10,17,19H,3,6-9,11H2,1-2H3. The molecule has 19 heavy (non-hydrogen) atoms. The van der Waals surface area contributed by atoms with E-state index in [2.05, 4.69) is 16.3 Å². The number of anilines is 1. The van der Waals surface area contributed by atoms with Crippen LogP contribution in [0.1, 0.15) is 31.7 Å². The van der Waals surface area contributed by atoms with Crippen LogP contribution in [0.15, 0.2) is 18.2 Å². The van der Waals surface area contributed by atoms with Gasteiger partial charge < -0.3 is 15.3 Å². The highest BCUT2D eigenvalue weighted by Gasteiger charge is 2.25. The minimum atomic E-state index is -0.523. The van der Waals surface area contributed by atoms with E-state index in [1.807, 2.05) is 26.1 Å². The Balaban J connectivity index is 2.21. The van der Waals surface area contributed by atoms with Crippen LogP contribution in [0.25, 0.3) is 0 Å². The van der Waals surface area contributed by atoms with Gasteiger partial charge >= 0.3 is 0 Å². The van der Waals surface area contributed by atoms with Gasteiger partial charge in [0.2, 0.25) is 0 Å². The lowest BCUT2D eigenvalue weighted by molar-refractivity contribution is 0.0481. The largest absolute Gasteiger partial charge is 0.390 e. The van der Waals surface area contributed by atoms with Crippen LogP contribution in [-0.2, 0) is 6.54 Å². The maximum Gasteiger partial charge on any atom is 0.0637 e. The van der Waals surface area contributed by atoms with Crippen molar-refractivity contribution in [2.45, 2.75) is 38.3 Å². The number of nitrogens with zero attached hydrogens (tertiary/aromatic N) is 1. The molecule has 3 nitrogen and oxygen atoms in total. The molecule has 0 aromatic heterocycles. The predicted molar refractivity (Wildman–Crippen MR) is 80.9 cm³/mol. The Bertz CT molecular complexity index is 434. The third-order valence-corrected chi connectivity index (χ3v) is 4.05. The van der Waals surface area contributed by atoms with E-state index < -0.39 is 5.60 Å². The minimum absolute atomic E-state index is 0.523. The first-order valence-electron chi connectivity index (χ1n) is 6.92.